The third-order valence-corrected chi connectivity index (χ3v) is 5.77. The summed E-state index contributed by atoms with van der Waals surface area (Å²) in [5.74, 6) is -0.605. The van der Waals surface area contributed by atoms with E-state index in [1.165, 1.54) is 12.0 Å². The third kappa shape index (κ3) is 4.25. The minimum Gasteiger partial charge on any atom is -0.466 e. The highest BCUT2D eigenvalue weighted by molar-refractivity contribution is 14.1. The number of nitrogens with one attached hydrogen (secondary N) is 1. The van der Waals surface area contributed by atoms with Crippen LogP contribution >= 0.6 is 34.2 Å². The quantitative estimate of drug-likeness (QED) is 0.356. The van der Waals surface area contributed by atoms with Crippen LogP contribution in [0.4, 0.5) is 5.69 Å². The SMILES string of the molecule is COC(=O)C1=C(Nc2ccc3oc(-c4cc(I)ccc4Cl)nc3c2)C(=O)N(CCO)C1. The second kappa shape index (κ2) is 8.85. The van der Waals surface area contributed by atoms with E-state index in [0.29, 0.717) is 33.3 Å². The maximum absolute atomic E-state index is 12.7. The number of β-amino-alcohol motifs (C(OH)–C–C–N with tert-alkyl or cyclic N) is 1. The number of aromatic nitrogens is 1. The number of methoxy groups -OCH3 is 1. The molecule has 0 unspecified atom stereocenters. The van der Waals surface area contributed by atoms with Crippen molar-refractivity contribution in [1.29, 1.82) is 0 Å². The van der Waals surface area contributed by atoms with Gasteiger partial charge in [0.05, 0.1) is 36.4 Å². The van der Waals surface area contributed by atoms with Gasteiger partial charge >= 0.3 is 5.97 Å². The van der Waals surface area contributed by atoms with Crippen LogP contribution in [-0.2, 0) is 14.3 Å². The van der Waals surface area contributed by atoms with Gasteiger partial charge in [0.2, 0.25) is 5.89 Å². The molecule has 160 valence electrons. The molecule has 0 fully saturated rings. The van der Waals surface area contributed by atoms with E-state index in [9.17, 15) is 14.7 Å². The molecule has 10 heteroatoms. The van der Waals surface area contributed by atoms with Gasteiger partial charge in [-0.1, -0.05) is 11.6 Å². The molecule has 4 rings (SSSR count). The fourth-order valence-electron chi connectivity index (χ4n) is 3.28. The van der Waals surface area contributed by atoms with E-state index in [4.69, 9.17) is 20.8 Å². The Bertz CT molecular complexity index is 1220. The second-order valence-electron chi connectivity index (χ2n) is 6.75. The molecular formula is C21H17ClIN3O5. The number of fused-ring (bicyclic) bond motifs is 1. The topological polar surface area (TPSA) is 105 Å². The fraction of sp³-hybridized carbons (Fsp3) is 0.190. The Balaban J connectivity index is 1.67. The Kier molecular flexibility index (Phi) is 6.17. The number of carbonyl (C=O) groups excluding carboxylic acids is 2. The zero-order valence-corrected chi connectivity index (χ0v) is 19.2. The van der Waals surface area contributed by atoms with Gasteiger partial charge in [-0.25, -0.2) is 9.78 Å². The van der Waals surface area contributed by atoms with Crippen molar-refractivity contribution in [2.75, 3.05) is 32.1 Å². The number of rotatable bonds is 6. The summed E-state index contributed by atoms with van der Waals surface area (Å²) in [6.45, 7) is -0.0230. The zero-order valence-electron chi connectivity index (χ0n) is 16.3. The van der Waals surface area contributed by atoms with Gasteiger partial charge < -0.3 is 24.5 Å². The Morgan fingerprint density at radius 2 is 2.16 bits per heavy atom. The number of halogens is 2. The molecule has 8 nitrogen and oxygen atoms in total. The summed E-state index contributed by atoms with van der Waals surface area (Å²) in [5.41, 5.74) is 2.67. The first-order valence-electron chi connectivity index (χ1n) is 9.26. The van der Waals surface area contributed by atoms with Crippen molar-refractivity contribution in [2.45, 2.75) is 0 Å². The van der Waals surface area contributed by atoms with Gasteiger partial charge in [-0.3, -0.25) is 4.79 Å². The molecule has 0 spiro atoms. The van der Waals surface area contributed by atoms with Crippen molar-refractivity contribution in [3.05, 3.63) is 56.3 Å². The van der Waals surface area contributed by atoms with E-state index >= 15 is 0 Å². The average Bonchev–Trinajstić information content (AvgIpc) is 3.31. The number of anilines is 1. The van der Waals surface area contributed by atoms with Crippen LogP contribution < -0.4 is 5.32 Å². The molecule has 1 aliphatic rings. The summed E-state index contributed by atoms with van der Waals surface area (Å²) < 4.78 is 11.6. The molecule has 0 atom stereocenters. The fourth-order valence-corrected chi connectivity index (χ4v) is 3.96. The van der Waals surface area contributed by atoms with Crippen LogP contribution in [0, 0.1) is 3.57 Å². The lowest BCUT2D eigenvalue weighted by Crippen LogP contribution is -2.31. The van der Waals surface area contributed by atoms with Crippen LogP contribution in [0.3, 0.4) is 0 Å². The third-order valence-electron chi connectivity index (χ3n) is 4.77. The highest BCUT2D eigenvalue weighted by atomic mass is 127. The Hall–Kier alpha value is -2.63. The molecule has 0 aliphatic carbocycles. The van der Waals surface area contributed by atoms with E-state index in [1.807, 2.05) is 12.1 Å². The van der Waals surface area contributed by atoms with Crippen molar-refractivity contribution in [1.82, 2.24) is 9.88 Å². The molecule has 1 amide bonds. The first kappa shape index (κ1) is 21.6. The molecule has 0 saturated heterocycles. The molecule has 1 aromatic heterocycles. The molecule has 0 saturated carbocycles. The number of ether oxygens (including phenoxy) is 1. The maximum Gasteiger partial charge on any atom is 0.337 e. The molecular weight excluding hydrogens is 537 g/mol. The summed E-state index contributed by atoms with van der Waals surface area (Å²) in [7, 11) is 1.25. The predicted octanol–water partition coefficient (Wildman–Crippen LogP) is 3.43. The summed E-state index contributed by atoms with van der Waals surface area (Å²) in [4.78, 5) is 30.7. The van der Waals surface area contributed by atoms with Crippen LogP contribution in [0.2, 0.25) is 5.02 Å². The van der Waals surface area contributed by atoms with Gasteiger partial charge in [0.25, 0.3) is 5.91 Å². The minimum atomic E-state index is -0.602. The molecule has 0 radical (unpaired) electrons. The number of aliphatic hydroxyl groups is 1. The molecule has 31 heavy (non-hydrogen) atoms. The van der Waals surface area contributed by atoms with E-state index in [-0.39, 0.29) is 36.9 Å². The lowest BCUT2D eigenvalue weighted by molar-refractivity contribution is -0.136. The van der Waals surface area contributed by atoms with Gasteiger partial charge in [-0.15, -0.1) is 0 Å². The number of hydrogen-bond acceptors (Lipinski definition) is 7. The van der Waals surface area contributed by atoms with Crippen LogP contribution in [0.25, 0.3) is 22.6 Å². The molecule has 2 aromatic carbocycles. The van der Waals surface area contributed by atoms with E-state index < -0.39 is 5.97 Å². The minimum absolute atomic E-state index is 0.0654. The lowest BCUT2D eigenvalue weighted by Gasteiger charge is -2.14. The monoisotopic (exact) mass is 553 g/mol. The number of hydrogen-bond donors (Lipinski definition) is 2. The summed E-state index contributed by atoms with van der Waals surface area (Å²) in [6.07, 6.45) is 0. The normalized spacial score (nSPS) is 13.9. The number of oxazole rings is 1. The van der Waals surface area contributed by atoms with Crippen LogP contribution in [-0.4, -0.2) is 53.7 Å². The Morgan fingerprint density at radius 1 is 1.35 bits per heavy atom. The Labute approximate surface area is 196 Å². The molecule has 1 aliphatic heterocycles. The van der Waals surface area contributed by atoms with Gasteiger partial charge in [-0.2, -0.15) is 0 Å². The smallest absolute Gasteiger partial charge is 0.337 e. The Morgan fingerprint density at radius 3 is 2.90 bits per heavy atom. The first-order valence-corrected chi connectivity index (χ1v) is 10.7. The van der Waals surface area contributed by atoms with E-state index in [1.54, 1.807) is 24.3 Å². The van der Waals surface area contributed by atoms with Gasteiger partial charge in [0, 0.05) is 15.8 Å². The van der Waals surface area contributed by atoms with Gasteiger partial charge in [-0.05, 0) is 59.0 Å². The van der Waals surface area contributed by atoms with Crippen molar-refractivity contribution in [3.63, 3.8) is 0 Å². The van der Waals surface area contributed by atoms with Gasteiger partial charge in [0.15, 0.2) is 5.58 Å². The number of aliphatic hydroxyl groups excluding tert-OH is 1. The number of carbonyl (C=O) groups is 2. The van der Waals surface area contributed by atoms with Gasteiger partial charge in [0.1, 0.15) is 11.2 Å². The highest BCUT2D eigenvalue weighted by Crippen LogP contribution is 2.32. The van der Waals surface area contributed by atoms with E-state index in [0.717, 1.165) is 3.57 Å². The van der Waals surface area contributed by atoms with Crippen LogP contribution in [0.15, 0.2) is 52.1 Å². The second-order valence-corrected chi connectivity index (χ2v) is 8.40. The first-order chi connectivity index (χ1) is 14.9. The highest BCUT2D eigenvalue weighted by Gasteiger charge is 2.34. The number of benzene rings is 2. The summed E-state index contributed by atoms with van der Waals surface area (Å²) in [6, 6.07) is 10.7. The zero-order chi connectivity index (χ0) is 22.1. The number of amides is 1. The van der Waals surface area contributed by atoms with Crippen LogP contribution in [0.1, 0.15) is 0 Å². The molecule has 2 heterocycles. The predicted molar refractivity (Wildman–Crippen MR) is 124 cm³/mol. The van der Waals surface area contributed by atoms with E-state index in [2.05, 4.69) is 32.9 Å². The van der Waals surface area contributed by atoms with Crippen molar-refractivity contribution >= 4 is 62.9 Å². The van der Waals surface area contributed by atoms with Crippen molar-refractivity contribution in [2.24, 2.45) is 0 Å². The average molecular weight is 554 g/mol. The summed E-state index contributed by atoms with van der Waals surface area (Å²) >= 11 is 8.48. The number of esters is 1. The van der Waals surface area contributed by atoms with Crippen molar-refractivity contribution < 1.29 is 23.8 Å². The maximum atomic E-state index is 12.7. The molecule has 2 N–H and O–H groups in total. The number of nitrogens with zero attached hydrogens (tertiary/aromatic N) is 2. The lowest BCUT2D eigenvalue weighted by atomic mass is 10.2. The standard InChI is InChI=1S/C21H17ClIN3O5/c1-30-21(29)14-10-26(6-7-27)20(28)18(14)24-12-3-5-17-16(9-12)25-19(31-17)13-8-11(23)2-4-15(13)22/h2-5,8-9,24,27H,6-7,10H2,1H3. The van der Waals surface area contributed by atoms with Crippen molar-refractivity contribution in [3.8, 4) is 11.5 Å². The largest absolute Gasteiger partial charge is 0.466 e. The van der Waals surface area contributed by atoms with Crippen LogP contribution in [0.5, 0.6) is 0 Å². The molecule has 3 aromatic rings. The molecule has 0 bridgehead atoms. The summed E-state index contributed by atoms with van der Waals surface area (Å²) in [5, 5.41) is 12.7.